The zero-order valence-electron chi connectivity index (χ0n) is 24.5. The Morgan fingerprint density at radius 2 is 1.64 bits per heavy atom. The van der Waals surface area contributed by atoms with Crippen LogP contribution in [0.4, 0.5) is 17.1 Å². The number of amides is 2. The summed E-state index contributed by atoms with van der Waals surface area (Å²) in [6.45, 7) is 1.64. The summed E-state index contributed by atoms with van der Waals surface area (Å²) in [5, 5.41) is 13.9. The number of Topliss-reactive ketones (excluding diaryl/α,β-unsaturated/α-hetero) is 1. The van der Waals surface area contributed by atoms with E-state index in [1.54, 1.807) is 31.2 Å². The highest BCUT2D eigenvalue weighted by Crippen LogP contribution is 2.56. The Morgan fingerprint density at radius 1 is 0.933 bits per heavy atom. The number of ether oxygens (including phenoxy) is 1. The number of phenolic OH excluding ortho intramolecular Hbond substituents is 1. The van der Waals surface area contributed by atoms with Crippen molar-refractivity contribution < 1.29 is 29.0 Å². The summed E-state index contributed by atoms with van der Waals surface area (Å²) in [5.41, 5.74) is 4.91. The lowest BCUT2D eigenvalue weighted by atomic mass is 9.59. The van der Waals surface area contributed by atoms with Gasteiger partial charge in [-0.25, -0.2) is 0 Å². The van der Waals surface area contributed by atoms with Crippen molar-refractivity contribution in [3.8, 4) is 11.5 Å². The largest absolute Gasteiger partial charge is 0.504 e. The number of nitrogens with zero attached hydrogens (tertiary/aromatic N) is 1. The van der Waals surface area contributed by atoms with Crippen molar-refractivity contribution in [1.82, 2.24) is 0 Å². The van der Waals surface area contributed by atoms with Crippen LogP contribution in [-0.2, 0) is 19.2 Å². The Bertz CT molecular complexity index is 1890. The highest BCUT2D eigenvalue weighted by molar-refractivity contribution is 14.1. The molecule has 8 nitrogen and oxygen atoms in total. The Labute approximate surface area is 273 Å². The molecule has 4 unspecified atom stereocenters. The lowest BCUT2D eigenvalue weighted by Gasteiger charge is -2.42. The van der Waals surface area contributed by atoms with Gasteiger partial charge in [-0.3, -0.25) is 24.1 Å². The van der Waals surface area contributed by atoms with Crippen molar-refractivity contribution in [2.45, 2.75) is 25.7 Å². The normalized spacial score (nSPS) is 24.1. The first kappa shape index (κ1) is 29.2. The number of rotatable bonds is 5. The molecule has 9 heteroatoms. The number of carbonyl (C=O) groups excluding carboxylic acids is 4. The number of nitrogens with one attached hydrogen (secondary N) is 1. The van der Waals surface area contributed by atoms with Gasteiger partial charge in [-0.1, -0.05) is 29.8 Å². The number of benzene rings is 3. The molecule has 45 heavy (non-hydrogen) atoms. The predicted octanol–water partition coefficient (Wildman–Crippen LogP) is 6.38. The van der Waals surface area contributed by atoms with Gasteiger partial charge in [0.05, 0.1) is 28.2 Å². The van der Waals surface area contributed by atoms with Gasteiger partial charge in [0.1, 0.15) is 0 Å². The summed E-state index contributed by atoms with van der Waals surface area (Å²) >= 11 is 2.01. The number of hydrogen-bond acceptors (Lipinski definition) is 7. The van der Waals surface area contributed by atoms with Crippen molar-refractivity contribution in [3.05, 3.63) is 110 Å². The molecule has 2 N–H and O–H groups in total. The molecule has 3 aliphatic carbocycles. The van der Waals surface area contributed by atoms with Crippen molar-refractivity contribution >= 4 is 63.0 Å². The highest BCUT2D eigenvalue weighted by Gasteiger charge is 2.56. The number of ketones is 2. The summed E-state index contributed by atoms with van der Waals surface area (Å²) in [4.78, 5) is 56.4. The van der Waals surface area contributed by atoms with Crippen molar-refractivity contribution in [1.29, 1.82) is 0 Å². The first-order valence-corrected chi connectivity index (χ1v) is 15.8. The third-order valence-corrected chi connectivity index (χ3v) is 10.2. The quantitative estimate of drug-likeness (QED) is 0.137. The second-order valence-electron chi connectivity index (χ2n) is 11.8. The first-order valence-electron chi connectivity index (χ1n) is 14.7. The molecule has 226 valence electrons. The maximum absolute atomic E-state index is 14.2. The predicted molar refractivity (Wildman–Crippen MR) is 177 cm³/mol. The summed E-state index contributed by atoms with van der Waals surface area (Å²) in [6, 6.07) is 20.4. The number of aromatic hydroxyl groups is 1. The maximum Gasteiger partial charge on any atom is 0.238 e. The number of allylic oxidation sites excluding steroid dienone is 6. The molecule has 3 aromatic carbocycles. The van der Waals surface area contributed by atoms with E-state index >= 15 is 0 Å². The number of halogens is 1. The fourth-order valence-corrected chi connectivity index (χ4v) is 7.92. The molecule has 1 heterocycles. The minimum Gasteiger partial charge on any atom is -0.504 e. The van der Waals surface area contributed by atoms with E-state index in [0.717, 1.165) is 16.9 Å². The third-order valence-electron chi connectivity index (χ3n) is 9.36. The monoisotopic (exact) mass is 712 g/mol. The molecule has 1 saturated heterocycles. The maximum atomic E-state index is 14.2. The molecule has 0 saturated carbocycles. The van der Waals surface area contributed by atoms with Crippen LogP contribution in [0.2, 0.25) is 0 Å². The van der Waals surface area contributed by atoms with Crippen molar-refractivity contribution in [2.75, 3.05) is 17.3 Å². The van der Waals surface area contributed by atoms with Gasteiger partial charge in [0.15, 0.2) is 23.1 Å². The van der Waals surface area contributed by atoms with Crippen LogP contribution in [0.15, 0.2) is 101 Å². The minimum absolute atomic E-state index is 0.0135. The van der Waals surface area contributed by atoms with Crippen molar-refractivity contribution in [2.24, 2.45) is 17.8 Å². The first-order chi connectivity index (χ1) is 21.7. The van der Waals surface area contributed by atoms with Gasteiger partial charge >= 0.3 is 0 Å². The Balaban J connectivity index is 1.27. The van der Waals surface area contributed by atoms with Gasteiger partial charge in [-0.05, 0) is 108 Å². The third kappa shape index (κ3) is 4.72. The molecule has 0 aromatic heterocycles. The number of para-hydroxylation sites is 1. The second kappa shape index (κ2) is 11.1. The Morgan fingerprint density at radius 3 is 2.36 bits per heavy atom. The molecule has 0 spiro atoms. The molecule has 1 fully saturated rings. The molecule has 0 radical (unpaired) electrons. The van der Waals surface area contributed by atoms with E-state index in [1.807, 2.05) is 71.1 Å². The lowest BCUT2D eigenvalue weighted by Crippen LogP contribution is -2.39. The lowest BCUT2D eigenvalue weighted by molar-refractivity contribution is -0.123. The number of methoxy groups -OCH3 is 1. The number of anilines is 3. The van der Waals surface area contributed by atoms with Crippen LogP contribution < -0.4 is 15.0 Å². The number of phenols is 1. The Kier molecular flexibility index (Phi) is 7.23. The number of fused-ring (bicyclic) bond motifs is 3. The van der Waals surface area contributed by atoms with Crippen LogP contribution in [0.25, 0.3) is 0 Å². The van der Waals surface area contributed by atoms with Gasteiger partial charge in [0, 0.05) is 34.0 Å². The number of carbonyl (C=O) groups is 4. The van der Waals surface area contributed by atoms with E-state index < -0.39 is 23.7 Å². The summed E-state index contributed by atoms with van der Waals surface area (Å²) < 4.78 is 5.97. The molecule has 2 amide bonds. The number of hydrogen-bond donors (Lipinski definition) is 2. The average molecular weight is 713 g/mol. The summed E-state index contributed by atoms with van der Waals surface area (Å²) in [6.07, 6.45) is 3.90. The van der Waals surface area contributed by atoms with Crippen LogP contribution in [0, 0.1) is 21.3 Å². The topological polar surface area (TPSA) is 113 Å². The van der Waals surface area contributed by atoms with Gasteiger partial charge in [0.25, 0.3) is 0 Å². The van der Waals surface area contributed by atoms with E-state index in [1.165, 1.54) is 18.1 Å². The van der Waals surface area contributed by atoms with Gasteiger partial charge < -0.3 is 15.2 Å². The fourth-order valence-electron chi connectivity index (χ4n) is 7.29. The standard InChI is InChI=1S/C36H29IN2O6/c1-18-14-28(40)26-17-25-23(30(32(26)33(18)41)19-15-27(37)34(42)29(16-19)45-2)12-13-24-31(25)36(44)39(35(24)43)22-10-8-21(9-11-22)38-20-6-4-3-5-7-20/h3-12,14-16,24-25,30-31,38,42H,13,17H2,1-2H3. The summed E-state index contributed by atoms with van der Waals surface area (Å²) in [5.74, 6) is -3.10. The van der Waals surface area contributed by atoms with Crippen LogP contribution in [0.5, 0.6) is 11.5 Å². The minimum atomic E-state index is -0.677. The molecular formula is C36H29IN2O6. The van der Waals surface area contributed by atoms with E-state index in [4.69, 9.17) is 4.74 Å². The second-order valence-corrected chi connectivity index (χ2v) is 13.0. The molecule has 0 bridgehead atoms. The van der Waals surface area contributed by atoms with Crippen LogP contribution in [0.1, 0.15) is 31.2 Å². The van der Waals surface area contributed by atoms with E-state index in [0.29, 0.717) is 38.0 Å². The summed E-state index contributed by atoms with van der Waals surface area (Å²) in [7, 11) is 1.46. The van der Waals surface area contributed by atoms with Gasteiger partial charge in [-0.15, -0.1) is 0 Å². The molecule has 4 aliphatic rings. The average Bonchev–Trinajstić information content (AvgIpc) is 3.30. The number of imide groups is 1. The van der Waals surface area contributed by atoms with Crippen LogP contribution >= 0.6 is 22.6 Å². The highest BCUT2D eigenvalue weighted by atomic mass is 127. The van der Waals surface area contributed by atoms with Crippen LogP contribution in [-0.4, -0.2) is 35.6 Å². The van der Waals surface area contributed by atoms with Crippen LogP contribution in [0.3, 0.4) is 0 Å². The zero-order chi connectivity index (χ0) is 31.6. The molecule has 4 atom stereocenters. The SMILES string of the molecule is COc1cc(C2C3=CCC4C(=O)N(c5ccc(Nc6ccccc6)cc5)C(=O)C4C3CC3=C2C(=O)C(C)=CC3=O)cc(I)c1O. The Hall–Kier alpha value is -4.51. The van der Waals surface area contributed by atoms with Gasteiger partial charge in [-0.2, -0.15) is 0 Å². The molecule has 7 rings (SSSR count). The zero-order valence-corrected chi connectivity index (χ0v) is 26.7. The fraction of sp³-hybridized carbons (Fsp3) is 0.222. The van der Waals surface area contributed by atoms with Gasteiger partial charge in [0.2, 0.25) is 11.8 Å². The van der Waals surface area contributed by atoms with E-state index in [9.17, 15) is 24.3 Å². The van der Waals surface area contributed by atoms with Crippen molar-refractivity contribution in [3.63, 3.8) is 0 Å². The van der Waals surface area contributed by atoms with E-state index in [2.05, 4.69) is 5.32 Å². The molecular weight excluding hydrogens is 683 g/mol. The molecule has 3 aromatic rings. The molecule has 1 aliphatic heterocycles. The smallest absolute Gasteiger partial charge is 0.238 e. The van der Waals surface area contributed by atoms with E-state index in [-0.39, 0.29) is 41.3 Å².